The molecule has 21 heavy (non-hydrogen) atoms. The molecular weight excluding hydrogens is 289 g/mol. The highest BCUT2D eigenvalue weighted by molar-refractivity contribution is 5.74. The van der Waals surface area contributed by atoms with E-state index in [-0.39, 0.29) is 31.4 Å². The largest absolute Gasteiger partial charge is 0.416 e. The van der Waals surface area contributed by atoms with Gasteiger partial charge in [0.1, 0.15) is 18.2 Å². The monoisotopic (exact) mass is 306 g/mol. The van der Waals surface area contributed by atoms with Crippen molar-refractivity contribution >= 4 is 17.5 Å². The molecule has 0 spiro atoms. The van der Waals surface area contributed by atoms with Crippen molar-refractivity contribution in [3.8, 4) is 0 Å². The predicted octanol–water partition coefficient (Wildman–Crippen LogP) is 1.45. The van der Waals surface area contributed by atoms with Crippen LogP contribution in [0.15, 0.2) is 12.1 Å². The average molecular weight is 306 g/mol. The van der Waals surface area contributed by atoms with Crippen LogP contribution < -0.4 is 16.4 Å². The Hall–Kier alpha value is -2.03. The molecule has 0 radical (unpaired) electrons. The molecule has 0 aliphatic carbocycles. The molecule has 1 heterocycles. The first-order valence-corrected chi connectivity index (χ1v) is 6.26. The van der Waals surface area contributed by atoms with Crippen molar-refractivity contribution in [1.82, 2.24) is 4.98 Å². The van der Waals surface area contributed by atoms with Crippen LogP contribution in [0.2, 0.25) is 0 Å². The molecule has 1 amide bonds. The number of amides is 1. The maximum atomic E-state index is 12.8. The summed E-state index contributed by atoms with van der Waals surface area (Å²) in [6, 6.07) is 1.85. The second kappa shape index (κ2) is 7.67. The van der Waals surface area contributed by atoms with Gasteiger partial charge in [-0.2, -0.15) is 13.2 Å². The molecule has 0 atom stereocenters. The summed E-state index contributed by atoms with van der Waals surface area (Å²) in [6.45, 7) is 2.30. The summed E-state index contributed by atoms with van der Waals surface area (Å²) in [5.74, 6) is -0.405. The number of nitrogens with zero attached hydrogens (tertiary/aromatic N) is 1. The van der Waals surface area contributed by atoms with Crippen LogP contribution in [-0.4, -0.2) is 37.2 Å². The van der Waals surface area contributed by atoms with E-state index in [2.05, 4.69) is 15.6 Å². The zero-order chi connectivity index (χ0) is 15.9. The van der Waals surface area contributed by atoms with Crippen molar-refractivity contribution in [2.75, 3.05) is 36.9 Å². The van der Waals surface area contributed by atoms with Crippen LogP contribution >= 0.6 is 0 Å². The van der Waals surface area contributed by atoms with Gasteiger partial charge in [-0.1, -0.05) is 0 Å². The maximum absolute atomic E-state index is 12.8. The van der Waals surface area contributed by atoms with Crippen molar-refractivity contribution in [3.05, 3.63) is 17.7 Å². The summed E-state index contributed by atoms with van der Waals surface area (Å²) < 4.78 is 43.2. The van der Waals surface area contributed by atoms with E-state index in [1.165, 1.54) is 0 Å². The SMILES string of the molecule is CCNc1cc(C(F)(F)F)cc(NCCOCC(N)=O)n1. The van der Waals surface area contributed by atoms with Crippen LogP contribution in [0.1, 0.15) is 12.5 Å². The van der Waals surface area contributed by atoms with E-state index in [0.717, 1.165) is 12.1 Å². The maximum Gasteiger partial charge on any atom is 0.416 e. The van der Waals surface area contributed by atoms with Crippen molar-refractivity contribution < 1.29 is 22.7 Å². The summed E-state index contributed by atoms with van der Waals surface area (Å²) in [5, 5.41) is 5.43. The molecule has 9 heteroatoms. The van der Waals surface area contributed by atoms with Gasteiger partial charge in [0.05, 0.1) is 12.2 Å². The van der Waals surface area contributed by atoms with E-state index >= 15 is 0 Å². The van der Waals surface area contributed by atoms with Gasteiger partial charge in [-0.15, -0.1) is 0 Å². The molecule has 0 bridgehead atoms. The molecule has 1 aromatic heterocycles. The molecule has 4 N–H and O–H groups in total. The van der Waals surface area contributed by atoms with E-state index in [0.29, 0.717) is 6.54 Å². The first kappa shape index (κ1) is 17.0. The third-order valence-corrected chi connectivity index (χ3v) is 2.31. The second-order valence-corrected chi connectivity index (χ2v) is 4.10. The number of hydrogen-bond donors (Lipinski definition) is 3. The molecule has 6 nitrogen and oxygen atoms in total. The number of rotatable bonds is 8. The number of carbonyl (C=O) groups is 1. The number of primary amides is 1. The summed E-state index contributed by atoms with van der Waals surface area (Å²) >= 11 is 0. The molecule has 0 aliphatic rings. The standard InChI is InChI=1S/C12H17F3N4O2/c1-2-17-10-5-8(12(13,14)15)6-11(19-10)18-3-4-21-7-9(16)20/h5-6H,2-4,7H2,1H3,(H2,16,20)(H2,17,18,19). The topological polar surface area (TPSA) is 89.3 Å². The minimum atomic E-state index is -4.45. The molecule has 0 unspecified atom stereocenters. The second-order valence-electron chi connectivity index (χ2n) is 4.10. The first-order chi connectivity index (χ1) is 9.82. The van der Waals surface area contributed by atoms with Gasteiger partial charge in [0, 0.05) is 13.1 Å². The highest BCUT2D eigenvalue weighted by atomic mass is 19.4. The zero-order valence-electron chi connectivity index (χ0n) is 11.5. The van der Waals surface area contributed by atoms with Crippen LogP contribution in [0.3, 0.4) is 0 Å². The van der Waals surface area contributed by atoms with Gasteiger partial charge >= 0.3 is 6.18 Å². The Kier molecular flexibility index (Phi) is 6.22. The number of pyridine rings is 1. The van der Waals surface area contributed by atoms with E-state index in [4.69, 9.17) is 10.5 Å². The summed E-state index contributed by atoms with van der Waals surface area (Å²) in [6.07, 6.45) is -4.45. The number of nitrogens with one attached hydrogen (secondary N) is 2. The Bertz CT molecular complexity index is 480. The van der Waals surface area contributed by atoms with Gasteiger partial charge in [-0.25, -0.2) is 4.98 Å². The smallest absolute Gasteiger partial charge is 0.370 e. The normalized spacial score (nSPS) is 11.2. The van der Waals surface area contributed by atoms with Crippen molar-refractivity contribution in [2.24, 2.45) is 5.73 Å². The molecule has 1 rings (SSSR count). The number of carbonyl (C=O) groups excluding carboxylic acids is 1. The fraction of sp³-hybridized carbons (Fsp3) is 0.500. The quantitative estimate of drug-likeness (QED) is 0.633. The Morgan fingerprint density at radius 1 is 1.33 bits per heavy atom. The highest BCUT2D eigenvalue weighted by Gasteiger charge is 2.31. The number of nitrogens with two attached hydrogens (primary N) is 1. The third kappa shape index (κ3) is 6.30. The number of ether oxygens (including phenoxy) is 1. The molecule has 0 aromatic carbocycles. The Labute approximate surface area is 119 Å². The van der Waals surface area contributed by atoms with Crippen LogP contribution in [0.5, 0.6) is 0 Å². The molecule has 1 aromatic rings. The van der Waals surface area contributed by atoms with E-state index < -0.39 is 17.6 Å². The van der Waals surface area contributed by atoms with Gasteiger partial charge in [0.2, 0.25) is 5.91 Å². The number of hydrogen-bond acceptors (Lipinski definition) is 5. The molecule has 0 fully saturated rings. The van der Waals surface area contributed by atoms with Crippen LogP contribution in [0.4, 0.5) is 24.8 Å². The van der Waals surface area contributed by atoms with Crippen molar-refractivity contribution in [2.45, 2.75) is 13.1 Å². The summed E-state index contributed by atoms with van der Waals surface area (Å²) in [4.78, 5) is 14.4. The fourth-order valence-corrected chi connectivity index (χ4v) is 1.48. The van der Waals surface area contributed by atoms with Gasteiger partial charge in [0.15, 0.2) is 0 Å². The molecule has 0 saturated carbocycles. The zero-order valence-corrected chi connectivity index (χ0v) is 11.5. The number of aromatic nitrogens is 1. The molecular formula is C12H17F3N4O2. The molecule has 0 saturated heterocycles. The summed E-state index contributed by atoms with van der Waals surface area (Å²) in [7, 11) is 0. The lowest BCUT2D eigenvalue weighted by Gasteiger charge is -2.13. The summed E-state index contributed by atoms with van der Waals surface area (Å²) in [5.41, 5.74) is 4.08. The number of anilines is 2. The molecule has 118 valence electrons. The Morgan fingerprint density at radius 3 is 2.48 bits per heavy atom. The van der Waals surface area contributed by atoms with Crippen LogP contribution in [0.25, 0.3) is 0 Å². The highest BCUT2D eigenvalue weighted by Crippen LogP contribution is 2.31. The lowest BCUT2D eigenvalue weighted by Crippen LogP contribution is -2.21. The van der Waals surface area contributed by atoms with Crippen molar-refractivity contribution in [1.29, 1.82) is 0 Å². The lowest BCUT2D eigenvalue weighted by atomic mass is 10.2. The minimum absolute atomic E-state index is 0.0726. The Morgan fingerprint density at radius 2 is 1.95 bits per heavy atom. The molecule has 0 aliphatic heterocycles. The van der Waals surface area contributed by atoms with E-state index in [1.54, 1.807) is 6.92 Å². The Balaban J connectivity index is 2.67. The van der Waals surface area contributed by atoms with Gasteiger partial charge in [0.25, 0.3) is 0 Å². The van der Waals surface area contributed by atoms with E-state index in [9.17, 15) is 18.0 Å². The van der Waals surface area contributed by atoms with E-state index in [1.807, 2.05) is 0 Å². The van der Waals surface area contributed by atoms with Crippen molar-refractivity contribution in [3.63, 3.8) is 0 Å². The fourth-order valence-electron chi connectivity index (χ4n) is 1.48. The van der Waals surface area contributed by atoms with Gasteiger partial charge in [-0.3, -0.25) is 4.79 Å². The van der Waals surface area contributed by atoms with Gasteiger partial charge in [-0.05, 0) is 19.1 Å². The average Bonchev–Trinajstić information content (AvgIpc) is 2.37. The predicted molar refractivity (Wildman–Crippen MR) is 71.9 cm³/mol. The number of halogens is 3. The minimum Gasteiger partial charge on any atom is -0.370 e. The number of alkyl halides is 3. The van der Waals surface area contributed by atoms with Crippen LogP contribution in [0, 0.1) is 0 Å². The van der Waals surface area contributed by atoms with Crippen LogP contribution in [-0.2, 0) is 15.7 Å². The third-order valence-electron chi connectivity index (χ3n) is 2.31. The lowest BCUT2D eigenvalue weighted by molar-refractivity contribution is -0.137. The van der Waals surface area contributed by atoms with Gasteiger partial charge < -0.3 is 21.1 Å². The first-order valence-electron chi connectivity index (χ1n) is 6.26.